The first-order valence-corrected chi connectivity index (χ1v) is 9.25. The summed E-state index contributed by atoms with van der Waals surface area (Å²) in [4.78, 5) is 49.8. The summed E-state index contributed by atoms with van der Waals surface area (Å²) in [6.07, 6.45) is 0. The number of ketones is 2. The predicted molar refractivity (Wildman–Crippen MR) is 109 cm³/mol. The molecule has 0 unspecified atom stereocenters. The molecule has 0 bridgehead atoms. The van der Waals surface area contributed by atoms with Gasteiger partial charge in [0.05, 0.1) is 11.0 Å². The van der Waals surface area contributed by atoms with Gasteiger partial charge in [-0.05, 0) is 24.6 Å². The van der Waals surface area contributed by atoms with E-state index in [1.54, 1.807) is 19.1 Å². The second-order valence-corrected chi connectivity index (χ2v) is 6.95. The van der Waals surface area contributed by atoms with Crippen molar-refractivity contribution in [3.63, 3.8) is 0 Å². The molecule has 7 nitrogen and oxygen atoms in total. The second kappa shape index (κ2) is 7.36. The summed E-state index contributed by atoms with van der Waals surface area (Å²) in [6.45, 7) is 1.75. The van der Waals surface area contributed by atoms with Gasteiger partial charge in [-0.1, -0.05) is 54.6 Å². The maximum absolute atomic E-state index is 13.0. The topological polar surface area (TPSA) is 106 Å². The number of nitrogens with zero attached hydrogens (tertiary/aromatic N) is 1. The Morgan fingerprint density at radius 1 is 0.867 bits per heavy atom. The van der Waals surface area contributed by atoms with Gasteiger partial charge in [0.2, 0.25) is 5.78 Å². The quantitative estimate of drug-likeness (QED) is 0.413. The van der Waals surface area contributed by atoms with E-state index in [0.717, 1.165) is 5.56 Å². The number of nitro benzene ring substituents is 1. The number of nitro groups is 1. The van der Waals surface area contributed by atoms with Crippen molar-refractivity contribution in [1.82, 2.24) is 5.32 Å². The van der Waals surface area contributed by atoms with Gasteiger partial charge < -0.3 is 5.32 Å². The molecule has 30 heavy (non-hydrogen) atoms. The van der Waals surface area contributed by atoms with Crippen molar-refractivity contribution in [2.24, 2.45) is 0 Å². The van der Waals surface area contributed by atoms with Crippen LogP contribution in [0.1, 0.15) is 60.7 Å². The predicted octanol–water partition coefficient (Wildman–Crippen LogP) is 3.86. The van der Waals surface area contributed by atoms with Crippen LogP contribution in [0.25, 0.3) is 0 Å². The lowest BCUT2D eigenvalue weighted by molar-refractivity contribution is -0.385. The Kier molecular flexibility index (Phi) is 4.71. The number of hydrogen-bond acceptors (Lipinski definition) is 5. The summed E-state index contributed by atoms with van der Waals surface area (Å²) in [5.41, 5.74) is -0.221. The number of fused-ring (bicyclic) bond motifs is 2. The van der Waals surface area contributed by atoms with E-state index in [-0.39, 0.29) is 27.8 Å². The number of carbonyl (C=O) groups excluding carboxylic acids is 3. The molecule has 0 spiro atoms. The first kappa shape index (κ1) is 19.2. The van der Waals surface area contributed by atoms with E-state index in [9.17, 15) is 24.5 Å². The molecular formula is C23H16N2O5. The highest BCUT2D eigenvalue weighted by Crippen LogP contribution is 2.35. The van der Waals surface area contributed by atoms with Gasteiger partial charge in [0, 0.05) is 16.7 Å². The summed E-state index contributed by atoms with van der Waals surface area (Å²) in [6, 6.07) is 17.4. The van der Waals surface area contributed by atoms with Gasteiger partial charge in [-0.25, -0.2) is 0 Å². The minimum Gasteiger partial charge on any atom is -0.345 e. The number of amides is 1. The van der Waals surface area contributed by atoms with E-state index in [1.807, 2.05) is 30.3 Å². The Morgan fingerprint density at radius 2 is 1.47 bits per heavy atom. The molecule has 1 aliphatic carbocycles. The summed E-state index contributed by atoms with van der Waals surface area (Å²) < 4.78 is 0. The van der Waals surface area contributed by atoms with Crippen LogP contribution in [0, 0.1) is 10.1 Å². The first-order chi connectivity index (χ1) is 14.4. The van der Waals surface area contributed by atoms with Crippen LogP contribution < -0.4 is 5.32 Å². The van der Waals surface area contributed by atoms with Gasteiger partial charge in [-0.2, -0.15) is 0 Å². The molecule has 0 fully saturated rings. The molecule has 1 atom stereocenters. The highest BCUT2D eigenvalue weighted by molar-refractivity contribution is 6.30. The number of nitrogens with one attached hydrogen (secondary N) is 1. The van der Waals surface area contributed by atoms with Crippen LogP contribution in [0.3, 0.4) is 0 Å². The summed E-state index contributed by atoms with van der Waals surface area (Å²) in [5, 5.41) is 14.6. The van der Waals surface area contributed by atoms with Crippen molar-refractivity contribution in [3.8, 4) is 0 Å². The van der Waals surface area contributed by atoms with Crippen molar-refractivity contribution in [3.05, 3.63) is 110 Å². The molecule has 1 N–H and O–H groups in total. The largest absolute Gasteiger partial charge is 0.345 e. The molecule has 7 heteroatoms. The lowest BCUT2D eigenvalue weighted by atomic mass is 9.82. The fourth-order valence-corrected chi connectivity index (χ4v) is 3.64. The fourth-order valence-electron chi connectivity index (χ4n) is 3.64. The SMILES string of the molecule is C[C@H](NC(=O)c1ccc2c(c1[N+](=O)[O-])C(=O)c1ccccc1C2=O)c1ccccc1. The Balaban J connectivity index is 1.80. The fraction of sp³-hybridized carbons (Fsp3) is 0.0870. The zero-order chi connectivity index (χ0) is 21.4. The molecule has 0 saturated heterocycles. The van der Waals surface area contributed by atoms with Gasteiger partial charge >= 0.3 is 0 Å². The number of carbonyl (C=O) groups is 3. The maximum atomic E-state index is 13.0. The summed E-state index contributed by atoms with van der Waals surface area (Å²) in [7, 11) is 0. The van der Waals surface area contributed by atoms with Gasteiger partial charge in [-0.15, -0.1) is 0 Å². The lowest BCUT2D eigenvalue weighted by Gasteiger charge is -2.19. The monoisotopic (exact) mass is 400 g/mol. The number of benzene rings is 3. The zero-order valence-corrected chi connectivity index (χ0v) is 15.9. The van der Waals surface area contributed by atoms with Gasteiger partial charge in [-0.3, -0.25) is 24.5 Å². The molecule has 1 aliphatic rings. The van der Waals surface area contributed by atoms with Crippen LogP contribution in [0.4, 0.5) is 5.69 Å². The molecule has 148 valence electrons. The maximum Gasteiger partial charge on any atom is 0.294 e. The van der Waals surface area contributed by atoms with Gasteiger partial charge in [0.1, 0.15) is 11.1 Å². The smallest absolute Gasteiger partial charge is 0.294 e. The first-order valence-electron chi connectivity index (χ1n) is 9.25. The van der Waals surface area contributed by atoms with E-state index in [0.29, 0.717) is 0 Å². The minimum atomic E-state index is -0.778. The summed E-state index contributed by atoms with van der Waals surface area (Å²) in [5.74, 6) is -1.81. The van der Waals surface area contributed by atoms with Crippen molar-refractivity contribution in [1.29, 1.82) is 0 Å². The molecule has 1 amide bonds. The number of hydrogen-bond donors (Lipinski definition) is 1. The van der Waals surface area contributed by atoms with E-state index in [4.69, 9.17) is 0 Å². The average molecular weight is 400 g/mol. The summed E-state index contributed by atoms with van der Waals surface area (Å²) >= 11 is 0. The zero-order valence-electron chi connectivity index (χ0n) is 15.9. The van der Waals surface area contributed by atoms with E-state index in [2.05, 4.69) is 5.32 Å². The van der Waals surface area contributed by atoms with Crippen LogP contribution in [0.5, 0.6) is 0 Å². The molecule has 0 aliphatic heterocycles. The normalized spacial score (nSPS) is 13.2. The van der Waals surface area contributed by atoms with Crippen LogP contribution in [-0.4, -0.2) is 22.4 Å². The van der Waals surface area contributed by atoms with Gasteiger partial charge in [0.15, 0.2) is 5.78 Å². The standard InChI is InChI=1S/C23H16N2O5/c1-13(14-7-3-2-4-8-14)24-23(28)18-12-11-17-19(20(18)25(29)30)22(27)16-10-6-5-9-15(16)21(17)26/h2-13H,1H3,(H,24,28)/t13-/m0/s1. The van der Waals surface area contributed by atoms with Crippen molar-refractivity contribution >= 4 is 23.2 Å². The third-order valence-electron chi connectivity index (χ3n) is 5.14. The Labute approximate surface area is 171 Å². The molecular weight excluding hydrogens is 384 g/mol. The molecule has 0 heterocycles. The minimum absolute atomic E-state index is 0.0712. The van der Waals surface area contributed by atoms with E-state index >= 15 is 0 Å². The second-order valence-electron chi connectivity index (χ2n) is 6.95. The Bertz CT molecular complexity index is 1220. The molecule has 0 radical (unpaired) electrons. The van der Waals surface area contributed by atoms with Gasteiger partial charge in [0.25, 0.3) is 11.6 Å². The molecule has 0 aromatic heterocycles. The molecule has 3 aromatic rings. The highest BCUT2D eigenvalue weighted by Gasteiger charge is 2.38. The third kappa shape index (κ3) is 3.06. The molecule has 3 aromatic carbocycles. The van der Waals surface area contributed by atoms with Crippen LogP contribution >= 0.6 is 0 Å². The molecule has 0 saturated carbocycles. The van der Waals surface area contributed by atoms with Crippen molar-refractivity contribution in [2.45, 2.75) is 13.0 Å². The van der Waals surface area contributed by atoms with Crippen molar-refractivity contribution < 1.29 is 19.3 Å². The Hall–Kier alpha value is -4.13. The number of rotatable bonds is 4. The molecule has 4 rings (SSSR count). The van der Waals surface area contributed by atoms with Crippen LogP contribution in [0.2, 0.25) is 0 Å². The van der Waals surface area contributed by atoms with Crippen LogP contribution in [-0.2, 0) is 0 Å². The lowest BCUT2D eigenvalue weighted by Crippen LogP contribution is -2.29. The van der Waals surface area contributed by atoms with Crippen molar-refractivity contribution in [2.75, 3.05) is 0 Å². The van der Waals surface area contributed by atoms with E-state index in [1.165, 1.54) is 24.3 Å². The average Bonchev–Trinajstić information content (AvgIpc) is 2.76. The Morgan fingerprint density at radius 3 is 2.10 bits per heavy atom. The third-order valence-corrected chi connectivity index (χ3v) is 5.14. The van der Waals surface area contributed by atoms with E-state index < -0.39 is 34.1 Å². The van der Waals surface area contributed by atoms with Crippen LogP contribution in [0.15, 0.2) is 66.7 Å². The highest BCUT2D eigenvalue weighted by atomic mass is 16.6.